The van der Waals surface area contributed by atoms with E-state index in [-0.39, 0.29) is 18.1 Å². The quantitative estimate of drug-likeness (QED) is 0.762. The summed E-state index contributed by atoms with van der Waals surface area (Å²) >= 11 is 0. The zero-order valence-corrected chi connectivity index (χ0v) is 13.1. The molecule has 0 saturated carbocycles. The maximum Gasteiger partial charge on any atom is 0.317 e. The molecule has 2 aliphatic rings. The smallest absolute Gasteiger partial charge is 0.317 e. The van der Waals surface area contributed by atoms with Crippen LogP contribution in [0, 0.1) is 5.41 Å². The van der Waals surface area contributed by atoms with Gasteiger partial charge in [-0.3, -0.25) is 0 Å². The van der Waals surface area contributed by atoms with Gasteiger partial charge in [0.05, 0.1) is 13.2 Å². The highest BCUT2D eigenvalue weighted by atomic mass is 16.5. The molecule has 2 amide bonds. The van der Waals surface area contributed by atoms with Crippen molar-refractivity contribution in [2.45, 2.75) is 39.0 Å². The summed E-state index contributed by atoms with van der Waals surface area (Å²) in [5.41, 5.74) is 1.41. The standard InChI is InChI=1S/C16H28N2O3/c1-2-16(13-19)6-9-18(10-7-16)15(20)17-8-3-14-4-11-21-12-5-14/h4,19H,2-3,5-13H2,1H3,(H,17,20). The van der Waals surface area contributed by atoms with Crippen LogP contribution in [0.4, 0.5) is 4.79 Å². The van der Waals surface area contributed by atoms with E-state index in [1.807, 2.05) is 4.90 Å². The number of likely N-dealkylation sites (tertiary alicyclic amines) is 1. The number of aliphatic hydroxyl groups excluding tert-OH is 1. The van der Waals surface area contributed by atoms with E-state index in [1.54, 1.807) is 0 Å². The van der Waals surface area contributed by atoms with E-state index in [1.165, 1.54) is 5.57 Å². The molecule has 2 heterocycles. The number of urea groups is 1. The molecule has 2 N–H and O–H groups in total. The average Bonchev–Trinajstić information content (AvgIpc) is 2.56. The van der Waals surface area contributed by atoms with E-state index >= 15 is 0 Å². The number of carbonyl (C=O) groups excluding carboxylic acids is 1. The number of ether oxygens (including phenoxy) is 1. The summed E-state index contributed by atoms with van der Waals surface area (Å²) in [6.07, 6.45) is 6.79. The Morgan fingerprint density at radius 2 is 2.24 bits per heavy atom. The number of nitrogens with one attached hydrogen (secondary N) is 1. The van der Waals surface area contributed by atoms with Gasteiger partial charge in [0.25, 0.3) is 0 Å². The molecule has 0 bridgehead atoms. The zero-order chi connectivity index (χ0) is 15.1. The van der Waals surface area contributed by atoms with Crippen LogP contribution >= 0.6 is 0 Å². The molecule has 2 aliphatic heterocycles. The third-order valence-electron chi connectivity index (χ3n) is 4.98. The average molecular weight is 296 g/mol. The van der Waals surface area contributed by atoms with Crippen molar-refractivity contribution in [1.82, 2.24) is 10.2 Å². The zero-order valence-electron chi connectivity index (χ0n) is 13.1. The molecule has 0 unspecified atom stereocenters. The normalized spacial score (nSPS) is 21.8. The maximum atomic E-state index is 12.1. The summed E-state index contributed by atoms with van der Waals surface area (Å²) in [6, 6.07) is 0.0327. The van der Waals surface area contributed by atoms with Gasteiger partial charge in [0.15, 0.2) is 0 Å². The van der Waals surface area contributed by atoms with Gasteiger partial charge in [-0.15, -0.1) is 0 Å². The number of hydrogen-bond acceptors (Lipinski definition) is 3. The summed E-state index contributed by atoms with van der Waals surface area (Å²) < 4.78 is 5.27. The minimum Gasteiger partial charge on any atom is -0.396 e. The molecule has 1 saturated heterocycles. The Labute approximate surface area is 127 Å². The second kappa shape index (κ2) is 7.80. The Bertz CT molecular complexity index is 368. The molecule has 0 spiro atoms. The van der Waals surface area contributed by atoms with Crippen LogP contribution in [0.2, 0.25) is 0 Å². The molecule has 5 heteroatoms. The highest BCUT2D eigenvalue weighted by Gasteiger charge is 2.33. The highest BCUT2D eigenvalue weighted by Crippen LogP contribution is 2.34. The monoisotopic (exact) mass is 296 g/mol. The third-order valence-corrected chi connectivity index (χ3v) is 4.98. The number of piperidine rings is 1. The van der Waals surface area contributed by atoms with Crippen LogP contribution in [0.15, 0.2) is 11.6 Å². The van der Waals surface area contributed by atoms with Crippen LogP contribution in [0.5, 0.6) is 0 Å². The van der Waals surface area contributed by atoms with Crippen LogP contribution in [0.3, 0.4) is 0 Å². The van der Waals surface area contributed by atoms with Gasteiger partial charge in [0.2, 0.25) is 0 Å². The molecule has 0 radical (unpaired) electrons. The molecule has 0 aliphatic carbocycles. The molecule has 0 atom stereocenters. The molecule has 5 nitrogen and oxygen atoms in total. The Morgan fingerprint density at radius 1 is 1.48 bits per heavy atom. The SMILES string of the molecule is CCC1(CO)CCN(C(=O)NCCC2=CCOCC2)CC1. The van der Waals surface area contributed by atoms with Crippen molar-refractivity contribution < 1.29 is 14.6 Å². The first-order valence-electron chi connectivity index (χ1n) is 8.08. The van der Waals surface area contributed by atoms with Gasteiger partial charge in [0.1, 0.15) is 0 Å². The Balaban J connectivity index is 1.68. The summed E-state index contributed by atoms with van der Waals surface area (Å²) in [4.78, 5) is 14.0. The van der Waals surface area contributed by atoms with Gasteiger partial charge >= 0.3 is 6.03 Å². The molecular weight excluding hydrogens is 268 g/mol. The Kier molecular flexibility index (Phi) is 6.06. The lowest BCUT2D eigenvalue weighted by atomic mass is 9.77. The van der Waals surface area contributed by atoms with E-state index in [9.17, 15) is 9.90 Å². The molecule has 120 valence electrons. The fourth-order valence-corrected chi connectivity index (χ4v) is 3.04. The van der Waals surface area contributed by atoms with Crippen LogP contribution in [0.25, 0.3) is 0 Å². The lowest BCUT2D eigenvalue weighted by molar-refractivity contribution is 0.0520. The van der Waals surface area contributed by atoms with Crippen molar-refractivity contribution in [2.24, 2.45) is 5.41 Å². The second-order valence-corrected chi connectivity index (χ2v) is 6.17. The van der Waals surface area contributed by atoms with Gasteiger partial charge in [-0.2, -0.15) is 0 Å². The van der Waals surface area contributed by atoms with Crippen molar-refractivity contribution in [3.63, 3.8) is 0 Å². The largest absolute Gasteiger partial charge is 0.396 e. The Morgan fingerprint density at radius 3 is 2.81 bits per heavy atom. The molecule has 1 fully saturated rings. The number of aliphatic hydroxyl groups is 1. The van der Waals surface area contributed by atoms with E-state index in [0.717, 1.165) is 51.8 Å². The first-order valence-corrected chi connectivity index (χ1v) is 8.08. The van der Waals surface area contributed by atoms with Gasteiger partial charge in [-0.05, 0) is 37.5 Å². The van der Waals surface area contributed by atoms with Gasteiger partial charge in [0, 0.05) is 26.2 Å². The fraction of sp³-hybridized carbons (Fsp3) is 0.812. The molecule has 0 aromatic heterocycles. The van der Waals surface area contributed by atoms with Crippen LogP contribution in [-0.2, 0) is 4.74 Å². The number of amides is 2. The summed E-state index contributed by atoms with van der Waals surface area (Å²) in [6.45, 7) is 6.04. The minimum atomic E-state index is 0.0314. The fourth-order valence-electron chi connectivity index (χ4n) is 3.04. The third kappa shape index (κ3) is 4.45. The van der Waals surface area contributed by atoms with E-state index in [4.69, 9.17) is 4.74 Å². The minimum absolute atomic E-state index is 0.0314. The van der Waals surface area contributed by atoms with Crippen LogP contribution < -0.4 is 5.32 Å². The number of carbonyl (C=O) groups is 1. The van der Waals surface area contributed by atoms with Gasteiger partial charge in [-0.25, -0.2) is 4.79 Å². The van der Waals surface area contributed by atoms with Crippen molar-refractivity contribution in [3.05, 3.63) is 11.6 Å². The summed E-state index contributed by atoms with van der Waals surface area (Å²) in [5, 5.41) is 12.5. The van der Waals surface area contributed by atoms with Crippen molar-refractivity contribution in [1.29, 1.82) is 0 Å². The topological polar surface area (TPSA) is 61.8 Å². The Hall–Kier alpha value is -1.07. The first-order chi connectivity index (χ1) is 10.2. The number of nitrogens with zero attached hydrogens (tertiary/aromatic N) is 1. The van der Waals surface area contributed by atoms with E-state index < -0.39 is 0 Å². The second-order valence-electron chi connectivity index (χ2n) is 6.17. The maximum absolute atomic E-state index is 12.1. The lowest BCUT2D eigenvalue weighted by Gasteiger charge is -2.40. The van der Waals surface area contributed by atoms with E-state index in [2.05, 4.69) is 18.3 Å². The molecule has 0 aromatic rings. The first kappa shape index (κ1) is 16.3. The molecular formula is C16H28N2O3. The summed E-state index contributed by atoms with van der Waals surface area (Å²) in [7, 11) is 0. The van der Waals surface area contributed by atoms with Crippen LogP contribution in [-0.4, -0.2) is 55.5 Å². The predicted molar refractivity (Wildman–Crippen MR) is 82.2 cm³/mol. The number of rotatable bonds is 5. The molecule has 2 rings (SSSR count). The highest BCUT2D eigenvalue weighted by molar-refractivity contribution is 5.74. The van der Waals surface area contributed by atoms with Gasteiger partial charge in [-0.1, -0.05) is 18.6 Å². The lowest BCUT2D eigenvalue weighted by Crippen LogP contribution is -2.48. The van der Waals surface area contributed by atoms with E-state index in [0.29, 0.717) is 13.2 Å². The van der Waals surface area contributed by atoms with Crippen LogP contribution in [0.1, 0.15) is 39.0 Å². The molecule has 0 aromatic carbocycles. The predicted octanol–water partition coefficient (Wildman–Crippen LogP) is 1.92. The van der Waals surface area contributed by atoms with Gasteiger partial charge < -0.3 is 20.1 Å². The summed E-state index contributed by atoms with van der Waals surface area (Å²) in [5.74, 6) is 0. The van der Waals surface area contributed by atoms with Crippen molar-refractivity contribution in [3.8, 4) is 0 Å². The van der Waals surface area contributed by atoms with Crippen molar-refractivity contribution >= 4 is 6.03 Å². The molecule has 21 heavy (non-hydrogen) atoms. The van der Waals surface area contributed by atoms with Crippen molar-refractivity contribution in [2.75, 3.05) is 39.5 Å². The number of hydrogen-bond donors (Lipinski definition) is 2.